The monoisotopic (exact) mass is 367 g/mol. The Bertz CT molecular complexity index is 1120. The molecule has 3 nitrogen and oxygen atoms in total. The smallest absolute Gasteiger partial charge is 0.339 e. The van der Waals surface area contributed by atoms with E-state index in [1.165, 1.54) is 0 Å². The molecular weight excluding hydrogens is 346 g/mol. The lowest BCUT2D eigenvalue weighted by Crippen LogP contribution is -2.12. The maximum Gasteiger partial charge on any atom is 0.339 e. The highest BCUT2D eigenvalue weighted by atomic mass is 16.5. The summed E-state index contributed by atoms with van der Waals surface area (Å²) in [6.07, 6.45) is -0.333. The Hall–Kier alpha value is -3.46. The molecule has 0 aliphatic rings. The van der Waals surface area contributed by atoms with Crippen LogP contribution in [0, 0.1) is 6.92 Å². The quantitative estimate of drug-likeness (QED) is 0.407. The van der Waals surface area contributed by atoms with Crippen LogP contribution in [0.5, 0.6) is 0 Å². The van der Waals surface area contributed by atoms with Gasteiger partial charge in [0, 0.05) is 10.9 Å². The van der Waals surface area contributed by atoms with Crippen LogP contribution in [0.4, 0.5) is 0 Å². The molecule has 0 saturated carbocycles. The molecule has 0 aliphatic heterocycles. The number of nitrogens with zero attached hydrogens (tertiary/aromatic N) is 1. The molecule has 28 heavy (non-hydrogen) atoms. The molecule has 1 atom stereocenters. The topological polar surface area (TPSA) is 39.2 Å². The number of esters is 1. The third-order valence-electron chi connectivity index (χ3n) is 4.94. The number of fused-ring (bicyclic) bond motifs is 1. The van der Waals surface area contributed by atoms with Crippen molar-refractivity contribution in [1.29, 1.82) is 0 Å². The van der Waals surface area contributed by atoms with Crippen molar-refractivity contribution in [2.24, 2.45) is 0 Å². The zero-order chi connectivity index (χ0) is 19.5. The van der Waals surface area contributed by atoms with E-state index in [1.54, 1.807) is 0 Å². The predicted octanol–water partition coefficient (Wildman–Crippen LogP) is 6.13. The molecule has 0 aliphatic carbocycles. The molecule has 138 valence electrons. The van der Waals surface area contributed by atoms with Gasteiger partial charge in [-0.1, -0.05) is 78.9 Å². The maximum atomic E-state index is 13.2. The third-order valence-corrected chi connectivity index (χ3v) is 4.94. The number of para-hydroxylation sites is 1. The predicted molar refractivity (Wildman–Crippen MR) is 112 cm³/mol. The summed E-state index contributed by atoms with van der Waals surface area (Å²) >= 11 is 0. The van der Waals surface area contributed by atoms with Crippen molar-refractivity contribution in [3.63, 3.8) is 0 Å². The fraction of sp³-hybridized carbons (Fsp3) is 0.120. The minimum atomic E-state index is -0.333. The normalized spacial score (nSPS) is 11.9. The number of rotatable bonds is 4. The number of pyridine rings is 1. The summed E-state index contributed by atoms with van der Waals surface area (Å²) in [5, 5.41) is 0.810. The van der Waals surface area contributed by atoms with E-state index < -0.39 is 0 Å². The van der Waals surface area contributed by atoms with Crippen molar-refractivity contribution in [3.05, 3.63) is 102 Å². The lowest BCUT2D eigenvalue weighted by atomic mass is 9.97. The van der Waals surface area contributed by atoms with Gasteiger partial charge in [0.2, 0.25) is 0 Å². The van der Waals surface area contributed by atoms with Crippen LogP contribution in [-0.4, -0.2) is 11.0 Å². The van der Waals surface area contributed by atoms with Crippen LogP contribution in [0.3, 0.4) is 0 Å². The maximum absolute atomic E-state index is 13.2. The number of carbonyl (C=O) groups excluding carboxylic acids is 1. The highest BCUT2D eigenvalue weighted by Gasteiger charge is 2.22. The molecule has 3 heteroatoms. The summed E-state index contributed by atoms with van der Waals surface area (Å²) in [6, 6.07) is 27.4. The second-order valence-corrected chi connectivity index (χ2v) is 6.80. The Balaban J connectivity index is 1.81. The Labute approximate surface area is 164 Å². The van der Waals surface area contributed by atoms with Crippen molar-refractivity contribution in [2.45, 2.75) is 20.0 Å². The molecule has 4 rings (SSSR count). The van der Waals surface area contributed by atoms with Gasteiger partial charge in [-0.15, -0.1) is 0 Å². The van der Waals surface area contributed by atoms with Crippen LogP contribution >= 0.6 is 0 Å². The zero-order valence-electron chi connectivity index (χ0n) is 15.9. The van der Waals surface area contributed by atoms with Crippen LogP contribution in [0.15, 0.2) is 84.9 Å². The van der Waals surface area contributed by atoms with Gasteiger partial charge in [-0.25, -0.2) is 9.78 Å². The highest BCUT2D eigenvalue weighted by Crippen LogP contribution is 2.31. The number of carbonyl (C=O) groups is 1. The Morgan fingerprint density at radius 3 is 2.18 bits per heavy atom. The van der Waals surface area contributed by atoms with E-state index in [2.05, 4.69) is 0 Å². The molecule has 0 spiro atoms. The van der Waals surface area contributed by atoms with E-state index in [0.717, 1.165) is 33.3 Å². The number of benzene rings is 3. The van der Waals surface area contributed by atoms with E-state index in [4.69, 9.17) is 9.72 Å². The van der Waals surface area contributed by atoms with Gasteiger partial charge in [-0.3, -0.25) is 0 Å². The largest absolute Gasteiger partial charge is 0.454 e. The molecule has 3 aromatic carbocycles. The van der Waals surface area contributed by atoms with Crippen molar-refractivity contribution in [1.82, 2.24) is 4.98 Å². The average Bonchev–Trinajstić information content (AvgIpc) is 2.74. The van der Waals surface area contributed by atoms with E-state index in [-0.39, 0.29) is 12.1 Å². The van der Waals surface area contributed by atoms with Crippen LogP contribution in [0.2, 0.25) is 0 Å². The van der Waals surface area contributed by atoms with Crippen LogP contribution in [-0.2, 0) is 4.74 Å². The molecule has 0 bridgehead atoms. The van der Waals surface area contributed by atoms with Gasteiger partial charge < -0.3 is 4.74 Å². The molecule has 0 amide bonds. The van der Waals surface area contributed by atoms with Gasteiger partial charge in [0.1, 0.15) is 6.10 Å². The third kappa shape index (κ3) is 3.39. The fourth-order valence-electron chi connectivity index (χ4n) is 3.46. The first-order chi connectivity index (χ1) is 13.6. The SMILES string of the molecule is Cc1c(-c2ccccc2)nc2ccccc2c1C(=O)OC(C)c1ccccc1. The second kappa shape index (κ2) is 7.65. The summed E-state index contributed by atoms with van der Waals surface area (Å²) in [7, 11) is 0. The van der Waals surface area contributed by atoms with Crippen molar-refractivity contribution in [2.75, 3.05) is 0 Å². The first kappa shape index (κ1) is 17.9. The second-order valence-electron chi connectivity index (χ2n) is 6.80. The van der Waals surface area contributed by atoms with E-state index in [1.807, 2.05) is 98.8 Å². The first-order valence-corrected chi connectivity index (χ1v) is 9.36. The van der Waals surface area contributed by atoms with Gasteiger partial charge in [-0.05, 0) is 31.0 Å². The Kier molecular flexibility index (Phi) is 4.90. The molecule has 4 aromatic rings. The first-order valence-electron chi connectivity index (χ1n) is 9.36. The summed E-state index contributed by atoms with van der Waals surface area (Å²) in [5.41, 5.74) is 4.94. The summed E-state index contributed by atoms with van der Waals surface area (Å²) in [5.74, 6) is -0.329. The van der Waals surface area contributed by atoms with E-state index in [0.29, 0.717) is 5.56 Å². The van der Waals surface area contributed by atoms with Gasteiger partial charge in [0.15, 0.2) is 0 Å². The van der Waals surface area contributed by atoms with E-state index in [9.17, 15) is 4.79 Å². The molecule has 0 radical (unpaired) electrons. The van der Waals surface area contributed by atoms with E-state index >= 15 is 0 Å². The standard InChI is InChI=1S/C25H21NO2/c1-17-23(25(27)28-18(2)19-11-5-3-6-12-19)21-15-9-10-16-22(21)26-24(17)20-13-7-4-8-14-20/h3-16,18H,1-2H3. The number of ether oxygens (including phenoxy) is 1. The van der Waals surface area contributed by atoms with Crippen LogP contribution in [0.1, 0.15) is 34.5 Å². The van der Waals surface area contributed by atoms with Crippen LogP contribution < -0.4 is 0 Å². The summed E-state index contributed by atoms with van der Waals surface area (Å²) < 4.78 is 5.84. The minimum absolute atomic E-state index is 0.329. The van der Waals surface area contributed by atoms with Crippen LogP contribution in [0.25, 0.3) is 22.2 Å². The lowest BCUT2D eigenvalue weighted by Gasteiger charge is -2.17. The fourth-order valence-corrected chi connectivity index (χ4v) is 3.46. The molecule has 1 heterocycles. The number of aromatic nitrogens is 1. The molecule has 0 fully saturated rings. The molecule has 1 unspecified atom stereocenters. The van der Waals surface area contributed by atoms with Gasteiger partial charge in [-0.2, -0.15) is 0 Å². The molecule has 0 saturated heterocycles. The Morgan fingerprint density at radius 1 is 0.857 bits per heavy atom. The summed E-state index contributed by atoms with van der Waals surface area (Å²) in [6.45, 7) is 3.83. The van der Waals surface area contributed by atoms with Gasteiger partial charge in [0.05, 0.1) is 16.8 Å². The highest BCUT2D eigenvalue weighted by molar-refractivity contribution is 6.06. The molecular formula is C25H21NO2. The lowest BCUT2D eigenvalue weighted by molar-refractivity contribution is 0.0339. The number of hydrogen-bond acceptors (Lipinski definition) is 3. The molecule has 0 N–H and O–H groups in total. The molecule has 1 aromatic heterocycles. The Morgan fingerprint density at radius 2 is 1.46 bits per heavy atom. The zero-order valence-corrected chi connectivity index (χ0v) is 15.9. The average molecular weight is 367 g/mol. The van der Waals surface area contributed by atoms with Crippen molar-refractivity contribution in [3.8, 4) is 11.3 Å². The minimum Gasteiger partial charge on any atom is -0.454 e. The van der Waals surface area contributed by atoms with Crippen molar-refractivity contribution >= 4 is 16.9 Å². The van der Waals surface area contributed by atoms with Gasteiger partial charge in [0.25, 0.3) is 0 Å². The number of hydrogen-bond donors (Lipinski definition) is 0. The summed E-state index contributed by atoms with van der Waals surface area (Å²) in [4.78, 5) is 18.0. The van der Waals surface area contributed by atoms with Crippen molar-refractivity contribution < 1.29 is 9.53 Å². The van der Waals surface area contributed by atoms with Gasteiger partial charge >= 0.3 is 5.97 Å².